The number of carbonyl (C=O) groups excluding carboxylic acids is 1. The van der Waals surface area contributed by atoms with Gasteiger partial charge in [-0.15, -0.1) is 0 Å². The average Bonchev–Trinajstić information content (AvgIpc) is 3.49. The van der Waals surface area contributed by atoms with Crippen LogP contribution in [0.5, 0.6) is 0 Å². The SMILES string of the molecule is CCNc1nc(-c2ccccc2)cn2c(-c3ccc(C(=O)CC4CC4)cc3)cnc12. The van der Waals surface area contributed by atoms with Crippen molar-refractivity contribution in [2.24, 2.45) is 5.92 Å². The van der Waals surface area contributed by atoms with Crippen LogP contribution >= 0.6 is 0 Å². The van der Waals surface area contributed by atoms with Crippen molar-refractivity contribution in [2.45, 2.75) is 26.2 Å². The molecule has 30 heavy (non-hydrogen) atoms. The number of fused-ring (bicyclic) bond motifs is 1. The Balaban J connectivity index is 1.55. The van der Waals surface area contributed by atoms with Crippen molar-refractivity contribution >= 4 is 17.2 Å². The van der Waals surface area contributed by atoms with E-state index in [2.05, 4.69) is 33.8 Å². The molecule has 0 aliphatic heterocycles. The highest BCUT2D eigenvalue weighted by atomic mass is 16.1. The smallest absolute Gasteiger partial charge is 0.180 e. The molecule has 2 aromatic heterocycles. The normalized spacial score (nSPS) is 13.5. The minimum atomic E-state index is 0.243. The number of imidazole rings is 1. The molecule has 0 unspecified atom stereocenters. The second-order valence-corrected chi connectivity index (χ2v) is 7.86. The van der Waals surface area contributed by atoms with Gasteiger partial charge in [-0.1, -0.05) is 54.6 Å². The number of hydrogen-bond acceptors (Lipinski definition) is 4. The Morgan fingerprint density at radius 3 is 2.53 bits per heavy atom. The van der Waals surface area contributed by atoms with Gasteiger partial charge in [0.2, 0.25) is 0 Å². The standard InChI is InChI=1S/C25H24N4O/c1-2-26-24-25-27-15-22(29(25)16-21(28-24)18-6-4-3-5-7-18)19-10-12-20(13-11-19)23(30)14-17-8-9-17/h3-7,10-13,15-17H,2,8-9,14H2,1H3,(H,26,28). The van der Waals surface area contributed by atoms with Crippen molar-refractivity contribution in [2.75, 3.05) is 11.9 Å². The minimum Gasteiger partial charge on any atom is -0.367 e. The topological polar surface area (TPSA) is 59.3 Å². The van der Waals surface area contributed by atoms with Gasteiger partial charge in [-0.25, -0.2) is 9.97 Å². The number of Topliss-reactive ketones (excluding diaryl/α,β-unsaturated/α-hetero) is 1. The van der Waals surface area contributed by atoms with E-state index in [-0.39, 0.29) is 5.78 Å². The van der Waals surface area contributed by atoms with Gasteiger partial charge in [0, 0.05) is 35.9 Å². The maximum Gasteiger partial charge on any atom is 0.180 e. The maximum absolute atomic E-state index is 12.4. The molecule has 150 valence electrons. The van der Waals surface area contributed by atoms with Gasteiger partial charge in [-0.2, -0.15) is 0 Å². The number of benzene rings is 2. The summed E-state index contributed by atoms with van der Waals surface area (Å²) in [5, 5.41) is 3.33. The van der Waals surface area contributed by atoms with Crippen LogP contribution in [-0.4, -0.2) is 26.7 Å². The Labute approximate surface area is 175 Å². The van der Waals surface area contributed by atoms with Crippen molar-refractivity contribution in [1.29, 1.82) is 0 Å². The number of anilines is 1. The van der Waals surface area contributed by atoms with E-state index < -0.39 is 0 Å². The minimum absolute atomic E-state index is 0.243. The van der Waals surface area contributed by atoms with Crippen molar-refractivity contribution in [1.82, 2.24) is 14.4 Å². The zero-order chi connectivity index (χ0) is 20.5. The third-order valence-corrected chi connectivity index (χ3v) is 5.58. The summed E-state index contributed by atoms with van der Waals surface area (Å²) < 4.78 is 2.08. The fourth-order valence-corrected chi connectivity index (χ4v) is 3.76. The fraction of sp³-hybridized carbons (Fsp3) is 0.240. The van der Waals surface area contributed by atoms with E-state index in [0.717, 1.165) is 46.1 Å². The van der Waals surface area contributed by atoms with Gasteiger partial charge in [-0.3, -0.25) is 9.20 Å². The molecule has 2 aromatic carbocycles. The van der Waals surface area contributed by atoms with E-state index in [0.29, 0.717) is 12.3 Å². The zero-order valence-electron chi connectivity index (χ0n) is 17.0. The number of nitrogens with one attached hydrogen (secondary N) is 1. The molecule has 5 heteroatoms. The molecule has 1 N–H and O–H groups in total. The number of rotatable bonds is 7. The number of ketones is 1. The number of hydrogen-bond donors (Lipinski definition) is 1. The van der Waals surface area contributed by atoms with Gasteiger partial charge in [-0.05, 0) is 25.7 Å². The van der Waals surface area contributed by atoms with E-state index in [1.165, 1.54) is 12.8 Å². The lowest BCUT2D eigenvalue weighted by atomic mass is 10.0. The molecule has 0 saturated heterocycles. The summed E-state index contributed by atoms with van der Waals surface area (Å²) in [6.07, 6.45) is 6.95. The van der Waals surface area contributed by atoms with Crippen LogP contribution < -0.4 is 5.32 Å². The molecule has 0 radical (unpaired) electrons. The highest BCUT2D eigenvalue weighted by molar-refractivity contribution is 5.96. The highest BCUT2D eigenvalue weighted by Crippen LogP contribution is 2.34. The summed E-state index contributed by atoms with van der Waals surface area (Å²) in [6, 6.07) is 18.0. The number of carbonyl (C=O) groups is 1. The van der Waals surface area contributed by atoms with E-state index in [4.69, 9.17) is 4.98 Å². The third kappa shape index (κ3) is 3.59. The van der Waals surface area contributed by atoms with E-state index >= 15 is 0 Å². The molecule has 0 bridgehead atoms. The van der Waals surface area contributed by atoms with Crippen LogP contribution in [0.25, 0.3) is 28.2 Å². The molecule has 1 aliphatic carbocycles. The summed E-state index contributed by atoms with van der Waals surface area (Å²) in [6.45, 7) is 2.81. The van der Waals surface area contributed by atoms with Crippen LogP contribution in [0.3, 0.4) is 0 Å². The summed E-state index contributed by atoms with van der Waals surface area (Å²) in [7, 11) is 0. The van der Waals surface area contributed by atoms with Crippen LogP contribution in [0.4, 0.5) is 5.82 Å². The molecule has 5 nitrogen and oxygen atoms in total. The van der Waals surface area contributed by atoms with Crippen LogP contribution in [-0.2, 0) is 0 Å². The molecule has 1 aliphatic rings. The first-order valence-electron chi connectivity index (χ1n) is 10.5. The summed E-state index contributed by atoms with van der Waals surface area (Å²) in [5.41, 5.74) is 5.52. The van der Waals surface area contributed by atoms with E-state index in [1.54, 1.807) is 0 Å². The average molecular weight is 396 g/mol. The number of nitrogens with zero attached hydrogens (tertiary/aromatic N) is 3. The quantitative estimate of drug-likeness (QED) is 0.420. The van der Waals surface area contributed by atoms with Gasteiger partial charge in [0.05, 0.1) is 17.6 Å². The first-order valence-corrected chi connectivity index (χ1v) is 10.5. The molecule has 0 atom stereocenters. The molecule has 5 rings (SSSR count). The van der Waals surface area contributed by atoms with Crippen LogP contribution in [0.15, 0.2) is 67.0 Å². The predicted molar refractivity (Wildman–Crippen MR) is 120 cm³/mol. The monoisotopic (exact) mass is 396 g/mol. The van der Waals surface area contributed by atoms with Gasteiger partial charge >= 0.3 is 0 Å². The lowest BCUT2D eigenvalue weighted by Crippen LogP contribution is -2.04. The Morgan fingerprint density at radius 2 is 1.83 bits per heavy atom. The summed E-state index contributed by atoms with van der Waals surface area (Å²) >= 11 is 0. The van der Waals surface area contributed by atoms with Crippen LogP contribution in [0.1, 0.15) is 36.5 Å². The highest BCUT2D eigenvalue weighted by Gasteiger charge is 2.25. The largest absolute Gasteiger partial charge is 0.367 e. The molecule has 2 heterocycles. The van der Waals surface area contributed by atoms with E-state index in [9.17, 15) is 4.79 Å². The molecule has 4 aromatic rings. The molecule has 0 spiro atoms. The molecule has 1 fully saturated rings. The van der Waals surface area contributed by atoms with Gasteiger partial charge in [0.25, 0.3) is 0 Å². The van der Waals surface area contributed by atoms with Crippen LogP contribution in [0.2, 0.25) is 0 Å². The number of aromatic nitrogens is 3. The fourth-order valence-electron chi connectivity index (χ4n) is 3.76. The van der Waals surface area contributed by atoms with Crippen LogP contribution in [0, 0.1) is 5.92 Å². The Kier molecular flexibility index (Phi) is 4.79. The first-order chi connectivity index (χ1) is 14.7. The lowest BCUT2D eigenvalue weighted by molar-refractivity contribution is 0.0976. The molecular weight excluding hydrogens is 372 g/mol. The van der Waals surface area contributed by atoms with Crippen molar-refractivity contribution < 1.29 is 4.79 Å². The third-order valence-electron chi connectivity index (χ3n) is 5.58. The molecule has 1 saturated carbocycles. The van der Waals surface area contributed by atoms with Crippen molar-refractivity contribution in [3.63, 3.8) is 0 Å². The Morgan fingerprint density at radius 1 is 1.07 bits per heavy atom. The second kappa shape index (κ2) is 7.75. The lowest BCUT2D eigenvalue weighted by Gasteiger charge is -2.10. The second-order valence-electron chi connectivity index (χ2n) is 7.86. The van der Waals surface area contributed by atoms with Gasteiger partial charge in [0.1, 0.15) is 0 Å². The zero-order valence-corrected chi connectivity index (χ0v) is 17.0. The first kappa shape index (κ1) is 18.6. The van der Waals surface area contributed by atoms with Crippen molar-refractivity contribution in [3.05, 3.63) is 72.6 Å². The Hall–Kier alpha value is -3.47. The van der Waals surface area contributed by atoms with Gasteiger partial charge in [0.15, 0.2) is 17.2 Å². The maximum atomic E-state index is 12.4. The molecule has 0 amide bonds. The van der Waals surface area contributed by atoms with E-state index in [1.807, 2.05) is 54.9 Å². The van der Waals surface area contributed by atoms with Gasteiger partial charge < -0.3 is 5.32 Å². The molecular formula is C25H24N4O. The summed E-state index contributed by atoms with van der Waals surface area (Å²) in [4.78, 5) is 21.8. The Bertz CT molecular complexity index is 1190. The predicted octanol–water partition coefficient (Wildman–Crippen LogP) is 5.48. The summed E-state index contributed by atoms with van der Waals surface area (Å²) in [5.74, 6) is 1.61. The van der Waals surface area contributed by atoms with Crippen molar-refractivity contribution in [3.8, 4) is 22.5 Å².